The first-order chi connectivity index (χ1) is 7.17. The zero-order valence-electron chi connectivity index (χ0n) is 9.06. The van der Waals surface area contributed by atoms with Crippen LogP contribution in [0.15, 0.2) is 22.6 Å². The number of anilines is 1. The van der Waals surface area contributed by atoms with Gasteiger partial charge >= 0.3 is 0 Å². The summed E-state index contributed by atoms with van der Waals surface area (Å²) in [5.74, 6) is 0.968. The molecule has 0 bridgehead atoms. The first-order valence-electron chi connectivity index (χ1n) is 4.99. The molecule has 0 aromatic carbocycles. The maximum atomic E-state index is 10.5. The van der Waals surface area contributed by atoms with Crippen molar-refractivity contribution in [3.8, 4) is 0 Å². The quantitative estimate of drug-likeness (QED) is 0.748. The van der Waals surface area contributed by atoms with Crippen LogP contribution in [0, 0.1) is 0 Å². The molecule has 0 aliphatic carbocycles. The Morgan fingerprint density at radius 3 is 2.67 bits per heavy atom. The number of hydrogen-bond donors (Lipinski definition) is 1. The van der Waals surface area contributed by atoms with E-state index in [4.69, 9.17) is 10.2 Å². The fraction of sp³-hybridized carbons (Fsp3) is 0.364. The minimum atomic E-state index is -0.476. The number of nitrogens with two attached hydrogens (primary N) is 1. The van der Waals surface area contributed by atoms with E-state index in [1.54, 1.807) is 6.08 Å². The maximum Gasteiger partial charge on any atom is 0.241 e. The van der Waals surface area contributed by atoms with E-state index in [2.05, 4.69) is 18.7 Å². The molecule has 1 rings (SSSR count). The topological polar surface area (TPSA) is 59.5 Å². The minimum Gasteiger partial charge on any atom is -0.441 e. The average molecular weight is 208 g/mol. The molecule has 4 heteroatoms. The van der Waals surface area contributed by atoms with Gasteiger partial charge in [0.25, 0.3) is 0 Å². The van der Waals surface area contributed by atoms with Gasteiger partial charge in [0.2, 0.25) is 5.91 Å². The summed E-state index contributed by atoms with van der Waals surface area (Å²) in [6.45, 7) is 5.90. The van der Waals surface area contributed by atoms with Crippen LogP contribution in [-0.2, 0) is 4.79 Å². The number of carbonyl (C=O) groups is 1. The summed E-state index contributed by atoms with van der Waals surface area (Å²) in [6, 6.07) is 3.70. The van der Waals surface area contributed by atoms with Crippen LogP contribution in [0.3, 0.4) is 0 Å². The lowest BCUT2D eigenvalue weighted by molar-refractivity contribution is -0.113. The lowest BCUT2D eigenvalue weighted by atomic mass is 10.4. The SMILES string of the molecule is CCN(CC)c1ccc(C=CC(N)=O)o1. The summed E-state index contributed by atoms with van der Waals surface area (Å²) in [7, 11) is 0. The van der Waals surface area contributed by atoms with Crippen LogP contribution in [0.1, 0.15) is 19.6 Å². The predicted molar refractivity (Wildman–Crippen MR) is 60.5 cm³/mol. The van der Waals surface area contributed by atoms with Crippen molar-refractivity contribution in [2.75, 3.05) is 18.0 Å². The molecule has 1 aromatic rings. The molecule has 82 valence electrons. The van der Waals surface area contributed by atoms with Crippen LogP contribution < -0.4 is 10.6 Å². The highest BCUT2D eigenvalue weighted by atomic mass is 16.4. The van der Waals surface area contributed by atoms with Crippen molar-refractivity contribution < 1.29 is 9.21 Å². The third-order valence-electron chi connectivity index (χ3n) is 2.10. The summed E-state index contributed by atoms with van der Waals surface area (Å²) < 4.78 is 5.51. The first-order valence-corrected chi connectivity index (χ1v) is 4.99. The third-order valence-corrected chi connectivity index (χ3v) is 2.10. The smallest absolute Gasteiger partial charge is 0.241 e. The molecule has 0 aliphatic heterocycles. The molecule has 1 heterocycles. The summed E-state index contributed by atoms with van der Waals surface area (Å²) in [6.07, 6.45) is 2.85. The molecule has 1 aromatic heterocycles. The molecule has 0 aliphatic rings. The Hall–Kier alpha value is -1.71. The van der Waals surface area contributed by atoms with Gasteiger partial charge in [-0.1, -0.05) is 0 Å². The summed E-state index contributed by atoms with van der Waals surface area (Å²) in [5.41, 5.74) is 4.98. The van der Waals surface area contributed by atoms with Crippen LogP contribution in [-0.4, -0.2) is 19.0 Å². The van der Waals surface area contributed by atoms with E-state index in [-0.39, 0.29) is 0 Å². The lowest BCUT2D eigenvalue weighted by Crippen LogP contribution is -2.20. The van der Waals surface area contributed by atoms with Crippen LogP contribution in [0.4, 0.5) is 5.88 Å². The lowest BCUT2D eigenvalue weighted by Gasteiger charge is -2.16. The Kier molecular flexibility index (Phi) is 3.97. The maximum absolute atomic E-state index is 10.5. The molecule has 0 unspecified atom stereocenters. The molecule has 2 N–H and O–H groups in total. The van der Waals surface area contributed by atoms with Crippen LogP contribution >= 0.6 is 0 Å². The highest BCUT2D eigenvalue weighted by Crippen LogP contribution is 2.18. The number of primary amides is 1. The number of furan rings is 1. The van der Waals surface area contributed by atoms with Crippen molar-refractivity contribution in [2.45, 2.75) is 13.8 Å². The third kappa shape index (κ3) is 3.16. The van der Waals surface area contributed by atoms with Crippen molar-refractivity contribution in [1.82, 2.24) is 0 Å². The van der Waals surface area contributed by atoms with Crippen molar-refractivity contribution >= 4 is 17.9 Å². The van der Waals surface area contributed by atoms with Crippen molar-refractivity contribution in [3.63, 3.8) is 0 Å². The molecule has 15 heavy (non-hydrogen) atoms. The minimum absolute atomic E-state index is 0.476. The highest BCUT2D eigenvalue weighted by molar-refractivity contribution is 5.89. The van der Waals surface area contributed by atoms with Gasteiger partial charge < -0.3 is 15.1 Å². The number of rotatable bonds is 5. The Morgan fingerprint density at radius 2 is 2.13 bits per heavy atom. The van der Waals surface area contributed by atoms with Crippen LogP contribution in [0.2, 0.25) is 0 Å². The second-order valence-electron chi connectivity index (χ2n) is 3.08. The largest absolute Gasteiger partial charge is 0.441 e. The zero-order chi connectivity index (χ0) is 11.3. The molecule has 0 saturated heterocycles. The molecule has 1 amide bonds. The van der Waals surface area contributed by atoms with Crippen LogP contribution in [0.25, 0.3) is 6.08 Å². The van der Waals surface area contributed by atoms with Crippen molar-refractivity contribution in [2.24, 2.45) is 5.73 Å². The number of hydrogen-bond acceptors (Lipinski definition) is 3. The fourth-order valence-electron chi connectivity index (χ4n) is 1.30. The van der Waals surface area contributed by atoms with E-state index in [1.165, 1.54) is 6.08 Å². The van der Waals surface area contributed by atoms with E-state index in [1.807, 2.05) is 12.1 Å². The molecule has 0 saturated carbocycles. The average Bonchev–Trinajstić information content (AvgIpc) is 2.65. The monoisotopic (exact) mass is 208 g/mol. The number of carbonyl (C=O) groups excluding carboxylic acids is 1. The van der Waals surface area contributed by atoms with Gasteiger partial charge in [-0.25, -0.2) is 0 Å². The molecule has 0 atom stereocenters. The Labute approximate surface area is 89.4 Å². The summed E-state index contributed by atoms with van der Waals surface area (Å²) in [5, 5.41) is 0. The van der Waals surface area contributed by atoms with E-state index in [0.29, 0.717) is 5.76 Å². The molecule has 4 nitrogen and oxygen atoms in total. The highest BCUT2D eigenvalue weighted by Gasteiger charge is 2.05. The fourth-order valence-corrected chi connectivity index (χ4v) is 1.30. The summed E-state index contributed by atoms with van der Waals surface area (Å²) in [4.78, 5) is 12.6. The Balaban J connectivity index is 2.75. The van der Waals surface area contributed by atoms with E-state index in [0.717, 1.165) is 19.0 Å². The Bertz CT molecular complexity index is 351. The molecule has 0 radical (unpaired) electrons. The van der Waals surface area contributed by atoms with Gasteiger partial charge in [0.05, 0.1) is 0 Å². The van der Waals surface area contributed by atoms with Crippen molar-refractivity contribution in [1.29, 1.82) is 0 Å². The van der Waals surface area contributed by atoms with E-state index >= 15 is 0 Å². The van der Waals surface area contributed by atoms with Gasteiger partial charge in [0.15, 0.2) is 5.88 Å². The second kappa shape index (κ2) is 5.24. The predicted octanol–water partition coefficient (Wildman–Crippen LogP) is 1.62. The van der Waals surface area contributed by atoms with Crippen molar-refractivity contribution in [3.05, 3.63) is 24.0 Å². The van der Waals surface area contributed by atoms with E-state index < -0.39 is 5.91 Å². The van der Waals surface area contributed by atoms with Gasteiger partial charge in [0.1, 0.15) is 5.76 Å². The number of nitrogens with zero attached hydrogens (tertiary/aromatic N) is 1. The first kappa shape index (κ1) is 11.4. The Morgan fingerprint density at radius 1 is 1.47 bits per heavy atom. The van der Waals surface area contributed by atoms with Crippen LogP contribution in [0.5, 0.6) is 0 Å². The molecule has 0 fully saturated rings. The van der Waals surface area contributed by atoms with E-state index in [9.17, 15) is 4.79 Å². The second-order valence-corrected chi connectivity index (χ2v) is 3.08. The molecule has 0 spiro atoms. The van der Waals surface area contributed by atoms with Gasteiger partial charge in [-0.2, -0.15) is 0 Å². The molecular weight excluding hydrogens is 192 g/mol. The van der Waals surface area contributed by atoms with Gasteiger partial charge in [-0.15, -0.1) is 0 Å². The summed E-state index contributed by atoms with van der Waals surface area (Å²) >= 11 is 0. The van der Waals surface area contributed by atoms with Gasteiger partial charge in [0, 0.05) is 25.2 Å². The van der Waals surface area contributed by atoms with Gasteiger partial charge in [-0.3, -0.25) is 4.79 Å². The normalized spacial score (nSPS) is 10.8. The van der Waals surface area contributed by atoms with Gasteiger partial charge in [-0.05, 0) is 26.0 Å². The zero-order valence-corrected chi connectivity index (χ0v) is 9.06. The molecular formula is C11H16N2O2. The standard InChI is InChI=1S/C11H16N2O2/c1-3-13(4-2)11-8-6-9(15-11)5-7-10(12)14/h5-8H,3-4H2,1-2H3,(H2,12,14). The number of amides is 1.